The van der Waals surface area contributed by atoms with Crippen LogP contribution in [0.4, 0.5) is 5.95 Å². The Kier molecular flexibility index (Phi) is 4.08. The Bertz CT molecular complexity index is 497. The first-order valence-corrected chi connectivity index (χ1v) is 7.99. The van der Waals surface area contributed by atoms with Crippen molar-refractivity contribution in [3.8, 4) is 0 Å². The minimum absolute atomic E-state index is 0.286. The van der Waals surface area contributed by atoms with Gasteiger partial charge in [-0.25, -0.2) is 9.97 Å². The van der Waals surface area contributed by atoms with Crippen molar-refractivity contribution in [2.24, 2.45) is 5.92 Å². The smallest absolute Gasteiger partial charge is 0.225 e. The van der Waals surface area contributed by atoms with Gasteiger partial charge in [0.15, 0.2) is 0 Å². The number of amides is 1. The maximum Gasteiger partial charge on any atom is 0.225 e. The lowest BCUT2D eigenvalue weighted by Crippen LogP contribution is -2.50. The monoisotopic (exact) mass is 288 g/mol. The van der Waals surface area contributed by atoms with Crippen LogP contribution in [-0.2, 0) is 4.79 Å². The van der Waals surface area contributed by atoms with Gasteiger partial charge in [0.1, 0.15) is 0 Å². The van der Waals surface area contributed by atoms with Gasteiger partial charge in [-0.15, -0.1) is 0 Å². The highest BCUT2D eigenvalue weighted by molar-refractivity contribution is 5.79. The molecule has 1 aliphatic carbocycles. The van der Waals surface area contributed by atoms with Crippen LogP contribution >= 0.6 is 0 Å². The van der Waals surface area contributed by atoms with Crippen molar-refractivity contribution in [3.63, 3.8) is 0 Å². The molecule has 1 saturated heterocycles. The van der Waals surface area contributed by atoms with Gasteiger partial charge in [0, 0.05) is 43.5 Å². The Morgan fingerprint density at radius 3 is 2.19 bits per heavy atom. The predicted octanol–water partition coefficient (Wildman–Crippen LogP) is 1.93. The molecule has 21 heavy (non-hydrogen) atoms. The normalized spacial score (nSPS) is 20.1. The van der Waals surface area contributed by atoms with Gasteiger partial charge in [-0.2, -0.15) is 0 Å². The second-order valence-electron chi connectivity index (χ2n) is 6.24. The van der Waals surface area contributed by atoms with Crippen LogP contribution < -0.4 is 4.90 Å². The second-order valence-corrected chi connectivity index (χ2v) is 6.24. The summed E-state index contributed by atoms with van der Waals surface area (Å²) in [5.41, 5.74) is 2.00. The first kappa shape index (κ1) is 14.3. The quantitative estimate of drug-likeness (QED) is 0.834. The molecule has 1 aromatic heterocycles. The molecule has 5 heteroatoms. The minimum Gasteiger partial charge on any atom is -0.339 e. The van der Waals surface area contributed by atoms with Crippen LogP contribution in [0.2, 0.25) is 0 Å². The van der Waals surface area contributed by atoms with Gasteiger partial charge in [-0.3, -0.25) is 4.79 Å². The lowest BCUT2D eigenvalue weighted by atomic mass is 10.1. The molecular formula is C16H24N4O. The number of aryl methyl sites for hydroxylation is 2. The number of hydrogen-bond donors (Lipinski definition) is 0. The van der Waals surface area contributed by atoms with Crippen LogP contribution in [0.5, 0.6) is 0 Å². The van der Waals surface area contributed by atoms with Crippen molar-refractivity contribution in [1.82, 2.24) is 14.9 Å². The van der Waals surface area contributed by atoms with E-state index in [2.05, 4.69) is 14.9 Å². The molecule has 2 aliphatic rings. The topological polar surface area (TPSA) is 49.3 Å². The first-order valence-electron chi connectivity index (χ1n) is 7.99. The zero-order valence-electron chi connectivity index (χ0n) is 13.0. The van der Waals surface area contributed by atoms with E-state index in [1.807, 2.05) is 24.8 Å². The standard InChI is InChI=1S/C16H24N4O/c1-12-11-13(2)18-16(17-12)20-9-7-19(8-10-20)15(21)14-5-3-4-6-14/h11,14H,3-10H2,1-2H3. The molecule has 2 heterocycles. The van der Waals surface area contributed by atoms with Crippen molar-refractivity contribution in [2.45, 2.75) is 39.5 Å². The van der Waals surface area contributed by atoms with Crippen LogP contribution in [0, 0.1) is 19.8 Å². The summed E-state index contributed by atoms with van der Waals surface area (Å²) in [6.07, 6.45) is 4.60. The number of nitrogens with zero attached hydrogens (tertiary/aromatic N) is 4. The van der Waals surface area contributed by atoms with E-state index in [-0.39, 0.29) is 5.92 Å². The lowest BCUT2D eigenvalue weighted by Gasteiger charge is -2.36. The van der Waals surface area contributed by atoms with E-state index in [1.165, 1.54) is 12.8 Å². The van der Waals surface area contributed by atoms with E-state index in [0.717, 1.165) is 56.4 Å². The highest BCUT2D eigenvalue weighted by Crippen LogP contribution is 2.27. The molecule has 1 aliphatic heterocycles. The van der Waals surface area contributed by atoms with Gasteiger partial charge in [0.05, 0.1) is 0 Å². The van der Waals surface area contributed by atoms with Gasteiger partial charge in [0.25, 0.3) is 0 Å². The molecule has 5 nitrogen and oxygen atoms in total. The third-order valence-corrected chi connectivity index (χ3v) is 4.55. The molecule has 1 amide bonds. The number of aromatic nitrogens is 2. The molecule has 0 spiro atoms. The molecule has 0 bridgehead atoms. The molecule has 114 valence electrons. The highest BCUT2D eigenvalue weighted by Gasteiger charge is 2.29. The molecule has 0 radical (unpaired) electrons. The number of carbonyl (C=O) groups excluding carboxylic acids is 1. The van der Waals surface area contributed by atoms with Crippen molar-refractivity contribution in [3.05, 3.63) is 17.5 Å². The molecule has 0 N–H and O–H groups in total. The summed E-state index contributed by atoms with van der Waals surface area (Å²) in [6, 6.07) is 1.99. The summed E-state index contributed by atoms with van der Waals surface area (Å²) in [5, 5.41) is 0. The average molecular weight is 288 g/mol. The Balaban J connectivity index is 1.60. The van der Waals surface area contributed by atoms with Crippen LogP contribution in [-0.4, -0.2) is 47.0 Å². The zero-order valence-corrected chi connectivity index (χ0v) is 13.0. The second kappa shape index (κ2) is 6.00. The average Bonchev–Trinajstić information content (AvgIpc) is 3.00. The maximum absolute atomic E-state index is 12.4. The minimum atomic E-state index is 0.286. The SMILES string of the molecule is Cc1cc(C)nc(N2CCN(C(=O)C3CCCC3)CC2)n1. The number of anilines is 1. The van der Waals surface area contributed by atoms with Crippen LogP contribution in [0.25, 0.3) is 0 Å². The van der Waals surface area contributed by atoms with Crippen molar-refractivity contribution in [2.75, 3.05) is 31.1 Å². The maximum atomic E-state index is 12.4. The van der Waals surface area contributed by atoms with Crippen molar-refractivity contribution < 1.29 is 4.79 Å². The molecule has 3 rings (SSSR count). The number of rotatable bonds is 2. The fourth-order valence-electron chi connectivity index (χ4n) is 3.41. The number of carbonyl (C=O) groups is 1. The largest absolute Gasteiger partial charge is 0.339 e. The Morgan fingerprint density at radius 2 is 1.62 bits per heavy atom. The molecule has 0 aromatic carbocycles. The summed E-state index contributed by atoms with van der Waals surface area (Å²) in [5.74, 6) is 1.46. The van der Waals surface area contributed by atoms with Gasteiger partial charge in [-0.05, 0) is 32.8 Å². The Hall–Kier alpha value is -1.65. The van der Waals surface area contributed by atoms with Gasteiger partial charge in [0.2, 0.25) is 11.9 Å². The molecule has 1 aromatic rings. The van der Waals surface area contributed by atoms with Crippen LogP contribution in [0.15, 0.2) is 6.07 Å². The zero-order chi connectivity index (χ0) is 14.8. The van der Waals surface area contributed by atoms with Crippen molar-refractivity contribution >= 4 is 11.9 Å². The molecular weight excluding hydrogens is 264 g/mol. The van der Waals surface area contributed by atoms with Gasteiger partial charge < -0.3 is 9.80 Å². The van der Waals surface area contributed by atoms with Gasteiger partial charge in [-0.1, -0.05) is 12.8 Å². The number of hydrogen-bond acceptors (Lipinski definition) is 4. The van der Waals surface area contributed by atoms with E-state index in [4.69, 9.17) is 0 Å². The lowest BCUT2D eigenvalue weighted by molar-refractivity contribution is -0.135. The third-order valence-electron chi connectivity index (χ3n) is 4.55. The summed E-state index contributed by atoms with van der Waals surface area (Å²) in [4.78, 5) is 25.7. The summed E-state index contributed by atoms with van der Waals surface area (Å²) in [6.45, 7) is 7.26. The van der Waals surface area contributed by atoms with Crippen LogP contribution in [0.1, 0.15) is 37.1 Å². The summed E-state index contributed by atoms with van der Waals surface area (Å²) < 4.78 is 0. The van der Waals surface area contributed by atoms with E-state index in [0.29, 0.717) is 5.91 Å². The third kappa shape index (κ3) is 3.17. The Morgan fingerprint density at radius 1 is 1.05 bits per heavy atom. The van der Waals surface area contributed by atoms with E-state index in [1.54, 1.807) is 0 Å². The van der Waals surface area contributed by atoms with Crippen molar-refractivity contribution in [1.29, 1.82) is 0 Å². The highest BCUT2D eigenvalue weighted by atomic mass is 16.2. The van der Waals surface area contributed by atoms with Crippen LogP contribution in [0.3, 0.4) is 0 Å². The number of piperazine rings is 1. The molecule has 0 unspecified atom stereocenters. The summed E-state index contributed by atoms with van der Waals surface area (Å²) in [7, 11) is 0. The Labute approximate surface area is 126 Å². The van der Waals surface area contributed by atoms with E-state index >= 15 is 0 Å². The fourth-order valence-corrected chi connectivity index (χ4v) is 3.41. The predicted molar refractivity (Wildman–Crippen MR) is 82.3 cm³/mol. The fraction of sp³-hybridized carbons (Fsp3) is 0.688. The van der Waals surface area contributed by atoms with E-state index in [9.17, 15) is 4.79 Å². The molecule has 2 fully saturated rings. The molecule has 1 saturated carbocycles. The molecule has 0 atom stereocenters. The summed E-state index contributed by atoms with van der Waals surface area (Å²) >= 11 is 0. The first-order chi connectivity index (χ1) is 10.1. The van der Waals surface area contributed by atoms with E-state index < -0.39 is 0 Å². The van der Waals surface area contributed by atoms with Gasteiger partial charge >= 0.3 is 0 Å².